The van der Waals surface area contributed by atoms with Crippen LogP contribution >= 0.6 is 11.8 Å². The molecule has 2 heterocycles. The summed E-state index contributed by atoms with van der Waals surface area (Å²) in [4.78, 5) is 1.18. The van der Waals surface area contributed by atoms with Crippen molar-refractivity contribution in [2.45, 2.75) is 31.0 Å². The number of thioether (sulfide) groups is 1. The molecule has 1 N–H and O–H groups in total. The van der Waals surface area contributed by atoms with Gasteiger partial charge in [0, 0.05) is 4.90 Å². The van der Waals surface area contributed by atoms with Crippen molar-refractivity contribution in [3.63, 3.8) is 0 Å². The van der Waals surface area contributed by atoms with Crippen LogP contribution in [0.15, 0.2) is 38.2 Å². The van der Waals surface area contributed by atoms with Crippen LogP contribution in [0.25, 0.3) is 0 Å². The Morgan fingerprint density at radius 1 is 1.24 bits per heavy atom. The van der Waals surface area contributed by atoms with E-state index in [9.17, 15) is 0 Å². The van der Waals surface area contributed by atoms with Gasteiger partial charge in [-0.15, -0.1) is 11.8 Å². The average Bonchev–Trinajstić information content (AvgIpc) is 2.93. The van der Waals surface area contributed by atoms with E-state index in [1.54, 1.807) is 18.0 Å². The van der Waals surface area contributed by atoms with Gasteiger partial charge in [-0.3, -0.25) is 0 Å². The molecule has 92 valence electrons. The second kappa shape index (κ2) is 5.98. The maximum absolute atomic E-state index is 5.71. The quantitative estimate of drug-likeness (QED) is 0.796. The molecule has 2 rings (SSSR count). The third-order valence-electron chi connectivity index (χ3n) is 2.45. The molecular formula is C13H17NO2S. The van der Waals surface area contributed by atoms with Crippen LogP contribution in [0.2, 0.25) is 0 Å². The van der Waals surface area contributed by atoms with Gasteiger partial charge in [0.1, 0.15) is 17.3 Å². The van der Waals surface area contributed by atoms with E-state index in [1.807, 2.05) is 25.1 Å². The van der Waals surface area contributed by atoms with E-state index in [-0.39, 0.29) is 0 Å². The molecule has 17 heavy (non-hydrogen) atoms. The number of furan rings is 2. The van der Waals surface area contributed by atoms with Gasteiger partial charge in [0.15, 0.2) is 0 Å². The second-order valence-electron chi connectivity index (χ2n) is 3.78. The monoisotopic (exact) mass is 251 g/mol. The van der Waals surface area contributed by atoms with Crippen molar-refractivity contribution in [3.8, 4) is 0 Å². The molecule has 0 unspecified atom stereocenters. The summed E-state index contributed by atoms with van der Waals surface area (Å²) in [6, 6.07) is 6.05. The Labute approximate surface area is 106 Å². The van der Waals surface area contributed by atoms with E-state index in [4.69, 9.17) is 8.83 Å². The maximum Gasteiger partial charge on any atom is 0.117 e. The normalized spacial score (nSPS) is 10.9. The summed E-state index contributed by atoms with van der Waals surface area (Å²) in [6.45, 7) is 5.81. The molecule has 0 saturated heterocycles. The molecule has 4 heteroatoms. The Morgan fingerprint density at radius 2 is 2.06 bits per heavy atom. The predicted octanol–water partition coefficient (Wildman–Crippen LogP) is 3.58. The molecule has 2 aromatic rings. The summed E-state index contributed by atoms with van der Waals surface area (Å²) in [5.41, 5.74) is 0. The molecule has 0 aliphatic heterocycles. The van der Waals surface area contributed by atoms with Crippen molar-refractivity contribution in [2.75, 3.05) is 6.54 Å². The lowest BCUT2D eigenvalue weighted by Gasteiger charge is -1.98. The minimum atomic E-state index is 0.798. The highest BCUT2D eigenvalue weighted by Crippen LogP contribution is 2.27. The van der Waals surface area contributed by atoms with Gasteiger partial charge >= 0.3 is 0 Å². The first-order valence-corrected chi connectivity index (χ1v) is 6.73. The van der Waals surface area contributed by atoms with E-state index in [0.29, 0.717) is 0 Å². The number of rotatable bonds is 6. The van der Waals surface area contributed by atoms with E-state index in [1.165, 1.54) is 4.90 Å². The van der Waals surface area contributed by atoms with E-state index >= 15 is 0 Å². The number of hydrogen-bond donors (Lipinski definition) is 1. The zero-order valence-corrected chi connectivity index (χ0v) is 11.0. The smallest absolute Gasteiger partial charge is 0.117 e. The van der Waals surface area contributed by atoms with Crippen molar-refractivity contribution in [1.29, 1.82) is 0 Å². The standard InChI is InChI=1S/C13H17NO2S/c1-3-14-8-11-4-5-12(16-11)9-17-13-6-7-15-10(13)2/h4-7,14H,3,8-9H2,1-2H3. The predicted molar refractivity (Wildman–Crippen MR) is 69.1 cm³/mol. The largest absolute Gasteiger partial charge is 0.468 e. The first-order valence-electron chi connectivity index (χ1n) is 5.74. The maximum atomic E-state index is 5.71. The molecule has 0 aliphatic rings. The number of nitrogens with one attached hydrogen (secondary N) is 1. The highest BCUT2D eigenvalue weighted by atomic mass is 32.2. The Kier molecular flexibility index (Phi) is 4.34. The fourth-order valence-corrected chi connectivity index (χ4v) is 2.37. The summed E-state index contributed by atoms with van der Waals surface area (Å²) >= 11 is 1.74. The SMILES string of the molecule is CCNCc1ccc(CSc2ccoc2C)o1. The van der Waals surface area contributed by atoms with Gasteiger partial charge in [-0.05, 0) is 31.7 Å². The van der Waals surface area contributed by atoms with Crippen LogP contribution in [0, 0.1) is 6.92 Å². The summed E-state index contributed by atoms with van der Waals surface area (Å²) < 4.78 is 11.0. The molecule has 0 aliphatic carbocycles. The summed E-state index contributed by atoms with van der Waals surface area (Å²) in [7, 11) is 0. The summed E-state index contributed by atoms with van der Waals surface area (Å²) in [5.74, 6) is 3.80. The number of hydrogen-bond acceptors (Lipinski definition) is 4. The van der Waals surface area contributed by atoms with Gasteiger partial charge in [-0.2, -0.15) is 0 Å². The Morgan fingerprint density at radius 3 is 2.76 bits per heavy atom. The molecule has 0 saturated carbocycles. The first-order chi connectivity index (χ1) is 8.29. The van der Waals surface area contributed by atoms with Gasteiger partial charge in [0.05, 0.1) is 18.6 Å². The van der Waals surface area contributed by atoms with Crippen LogP contribution in [0.3, 0.4) is 0 Å². The summed E-state index contributed by atoms with van der Waals surface area (Å²) in [6.07, 6.45) is 1.72. The van der Waals surface area contributed by atoms with Crippen molar-refractivity contribution in [2.24, 2.45) is 0 Å². The first kappa shape index (κ1) is 12.3. The lowest BCUT2D eigenvalue weighted by Crippen LogP contribution is -2.10. The van der Waals surface area contributed by atoms with E-state index in [0.717, 1.165) is 36.1 Å². The number of aryl methyl sites for hydroxylation is 1. The molecular weight excluding hydrogens is 234 g/mol. The molecule has 0 aromatic carbocycles. The van der Waals surface area contributed by atoms with Crippen LogP contribution in [-0.2, 0) is 12.3 Å². The Balaban J connectivity index is 1.87. The molecule has 0 spiro atoms. The van der Waals surface area contributed by atoms with Gasteiger partial charge in [-0.1, -0.05) is 6.92 Å². The van der Waals surface area contributed by atoms with Gasteiger partial charge in [0.2, 0.25) is 0 Å². The van der Waals surface area contributed by atoms with Crippen molar-refractivity contribution >= 4 is 11.8 Å². The van der Waals surface area contributed by atoms with Gasteiger partial charge in [0.25, 0.3) is 0 Å². The van der Waals surface area contributed by atoms with E-state index < -0.39 is 0 Å². The minimum absolute atomic E-state index is 0.798. The van der Waals surface area contributed by atoms with Crippen molar-refractivity contribution in [3.05, 3.63) is 41.7 Å². The van der Waals surface area contributed by atoms with Crippen LogP contribution < -0.4 is 5.32 Å². The van der Waals surface area contributed by atoms with Gasteiger partial charge in [-0.25, -0.2) is 0 Å². The van der Waals surface area contributed by atoms with Crippen LogP contribution in [0.1, 0.15) is 24.2 Å². The molecule has 3 nitrogen and oxygen atoms in total. The second-order valence-corrected chi connectivity index (χ2v) is 4.80. The third kappa shape index (κ3) is 3.41. The fourth-order valence-electron chi connectivity index (χ4n) is 1.52. The lowest BCUT2D eigenvalue weighted by molar-refractivity contribution is 0.463. The summed E-state index contributed by atoms with van der Waals surface area (Å²) in [5, 5.41) is 3.24. The highest BCUT2D eigenvalue weighted by Gasteiger charge is 2.05. The van der Waals surface area contributed by atoms with Crippen LogP contribution in [0.5, 0.6) is 0 Å². The zero-order chi connectivity index (χ0) is 12.1. The molecule has 0 fully saturated rings. The highest BCUT2D eigenvalue weighted by molar-refractivity contribution is 7.98. The lowest BCUT2D eigenvalue weighted by atomic mass is 10.4. The van der Waals surface area contributed by atoms with Gasteiger partial charge < -0.3 is 14.2 Å². The molecule has 0 bridgehead atoms. The Hall–Kier alpha value is -1.13. The average molecular weight is 251 g/mol. The topological polar surface area (TPSA) is 38.3 Å². The van der Waals surface area contributed by atoms with Crippen molar-refractivity contribution < 1.29 is 8.83 Å². The van der Waals surface area contributed by atoms with Crippen LogP contribution in [-0.4, -0.2) is 6.54 Å². The fraction of sp³-hybridized carbons (Fsp3) is 0.385. The molecule has 0 radical (unpaired) electrons. The third-order valence-corrected chi connectivity index (χ3v) is 3.61. The zero-order valence-electron chi connectivity index (χ0n) is 10.2. The van der Waals surface area contributed by atoms with Crippen molar-refractivity contribution in [1.82, 2.24) is 5.32 Å². The van der Waals surface area contributed by atoms with Crippen LogP contribution in [0.4, 0.5) is 0 Å². The molecule has 0 amide bonds. The molecule has 0 atom stereocenters. The Bertz CT molecular complexity index is 461. The van der Waals surface area contributed by atoms with E-state index in [2.05, 4.69) is 12.2 Å². The molecule has 2 aromatic heterocycles. The minimum Gasteiger partial charge on any atom is -0.468 e.